The number of methoxy groups -OCH3 is 1. The SMILES string of the molecule is COc1ccccc(C2(C)OCCO2)c1=O. The maximum atomic E-state index is 12.1. The molecule has 4 nitrogen and oxygen atoms in total. The van der Waals surface area contributed by atoms with E-state index < -0.39 is 5.79 Å². The van der Waals surface area contributed by atoms with Crippen molar-refractivity contribution in [2.45, 2.75) is 12.7 Å². The van der Waals surface area contributed by atoms with Crippen molar-refractivity contribution in [3.63, 3.8) is 0 Å². The van der Waals surface area contributed by atoms with E-state index in [0.29, 0.717) is 24.5 Å². The van der Waals surface area contributed by atoms with Gasteiger partial charge in [0.2, 0.25) is 5.43 Å². The Morgan fingerprint density at radius 1 is 1.25 bits per heavy atom. The van der Waals surface area contributed by atoms with Gasteiger partial charge in [-0.3, -0.25) is 4.79 Å². The summed E-state index contributed by atoms with van der Waals surface area (Å²) in [6, 6.07) is 6.86. The molecule has 0 unspecified atom stereocenters. The number of hydrogen-bond donors (Lipinski definition) is 0. The van der Waals surface area contributed by atoms with Crippen molar-refractivity contribution in [2.75, 3.05) is 20.3 Å². The highest BCUT2D eigenvalue weighted by atomic mass is 16.7. The van der Waals surface area contributed by atoms with Gasteiger partial charge in [0.15, 0.2) is 11.5 Å². The maximum absolute atomic E-state index is 12.1. The van der Waals surface area contributed by atoms with Gasteiger partial charge in [0.1, 0.15) is 0 Å². The van der Waals surface area contributed by atoms with Gasteiger partial charge in [0.25, 0.3) is 0 Å². The van der Waals surface area contributed by atoms with Gasteiger partial charge in [-0.15, -0.1) is 0 Å². The Kier molecular flexibility index (Phi) is 2.94. The van der Waals surface area contributed by atoms with E-state index in [1.54, 1.807) is 31.2 Å². The first-order valence-electron chi connectivity index (χ1n) is 5.13. The van der Waals surface area contributed by atoms with Crippen LogP contribution in [0.5, 0.6) is 5.75 Å². The summed E-state index contributed by atoms with van der Waals surface area (Å²) in [5, 5.41) is 0. The second kappa shape index (κ2) is 4.23. The zero-order chi connectivity index (χ0) is 11.6. The number of hydrogen-bond acceptors (Lipinski definition) is 4. The fraction of sp³-hybridized carbons (Fsp3) is 0.417. The molecule has 0 bridgehead atoms. The summed E-state index contributed by atoms with van der Waals surface area (Å²) < 4.78 is 16.0. The molecule has 0 N–H and O–H groups in total. The molecule has 0 aliphatic carbocycles. The second-order valence-electron chi connectivity index (χ2n) is 3.67. The summed E-state index contributed by atoms with van der Waals surface area (Å²) in [4.78, 5) is 12.1. The van der Waals surface area contributed by atoms with Crippen LogP contribution in [-0.4, -0.2) is 20.3 Å². The van der Waals surface area contributed by atoms with Crippen LogP contribution in [0.2, 0.25) is 0 Å². The summed E-state index contributed by atoms with van der Waals surface area (Å²) in [6.45, 7) is 2.74. The van der Waals surface area contributed by atoms with Crippen molar-refractivity contribution in [3.05, 3.63) is 40.1 Å². The van der Waals surface area contributed by atoms with Gasteiger partial charge < -0.3 is 14.2 Å². The van der Waals surface area contributed by atoms with Crippen molar-refractivity contribution in [1.82, 2.24) is 0 Å². The molecule has 86 valence electrons. The fourth-order valence-corrected chi connectivity index (χ4v) is 1.77. The number of rotatable bonds is 2. The largest absolute Gasteiger partial charge is 0.493 e. The summed E-state index contributed by atoms with van der Waals surface area (Å²) in [6.07, 6.45) is 0. The third-order valence-corrected chi connectivity index (χ3v) is 2.64. The first-order valence-corrected chi connectivity index (χ1v) is 5.13. The monoisotopic (exact) mass is 222 g/mol. The van der Waals surface area contributed by atoms with E-state index in [4.69, 9.17) is 14.2 Å². The van der Waals surface area contributed by atoms with E-state index in [9.17, 15) is 4.79 Å². The van der Waals surface area contributed by atoms with E-state index in [0.717, 1.165) is 0 Å². The molecule has 1 aliphatic heterocycles. The topological polar surface area (TPSA) is 44.8 Å². The van der Waals surface area contributed by atoms with Gasteiger partial charge in [-0.05, 0) is 19.1 Å². The van der Waals surface area contributed by atoms with E-state index in [1.165, 1.54) is 7.11 Å². The Morgan fingerprint density at radius 3 is 2.50 bits per heavy atom. The van der Waals surface area contributed by atoms with Crippen molar-refractivity contribution in [2.24, 2.45) is 0 Å². The maximum Gasteiger partial charge on any atom is 0.228 e. The Hall–Kier alpha value is -1.39. The quantitative estimate of drug-likeness (QED) is 0.756. The molecule has 2 rings (SSSR count). The highest BCUT2D eigenvalue weighted by Gasteiger charge is 2.35. The molecular weight excluding hydrogens is 208 g/mol. The average molecular weight is 222 g/mol. The van der Waals surface area contributed by atoms with Crippen LogP contribution < -0.4 is 10.2 Å². The highest BCUT2D eigenvalue weighted by Crippen LogP contribution is 2.28. The van der Waals surface area contributed by atoms with Gasteiger partial charge in [0, 0.05) is 0 Å². The summed E-state index contributed by atoms with van der Waals surface area (Å²) in [7, 11) is 1.47. The van der Waals surface area contributed by atoms with E-state index in [1.807, 2.05) is 0 Å². The normalized spacial score (nSPS) is 18.4. The minimum atomic E-state index is -0.955. The number of ether oxygens (including phenoxy) is 3. The molecule has 1 aromatic rings. The van der Waals surface area contributed by atoms with Gasteiger partial charge >= 0.3 is 0 Å². The Balaban J connectivity index is 2.57. The summed E-state index contributed by atoms with van der Waals surface area (Å²) >= 11 is 0. The van der Waals surface area contributed by atoms with Gasteiger partial charge in [-0.25, -0.2) is 0 Å². The molecule has 0 spiro atoms. The van der Waals surface area contributed by atoms with Crippen LogP contribution in [0.4, 0.5) is 0 Å². The van der Waals surface area contributed by atoms with Crippen LogP contribution in [0, 0.1) is 0 Å². The van der Waals surface area contributed by atoms with E-state index in [-0.39, 0.29) is 5.43 Å². The van der Waals surface area contributed by atoms with Gasteiger partial charge in [-0.2, -0.15) is 0 Å². The molecule has 1 aromatic carbocycles. The standard InChI is InChI=1S/C12H14O4/c1-12(15-7-8-16-12)9-5-3-4-6-10(14-2)11(9)13/h3-6H,7-8H2,1-2H3. The van der Waals surface area contributed by atoms with Crippen molar-refractivity contribution < 1.29 is 14.2 Å². The lowest BCUT2D eigenvalue weighted by Crippen LogP contribution is -2.29. The molecule has 0 amide bonds. The summed E-state index contributed by atoms with van der Waals surface area (Å²) in [5.74, 6) is -0.663. The molecule has 0 aromatic heterocycles. The molecule has 0 radical (unpaired) electrons. The van der Waals surface area contributed by atoms with Gasteiger partial charge in [-0.1, -0.05) is 12.1 Å². The second-order valence-corrected chi connectivity index (χ2v) is 3.67. The fourth-order valence-electron chi connectivity index (χ4n) is 1.77. The molecule has 4 heteroatoms. The minimum absolute atomic E-state index is 0.197. The summed E-state index contributed by atoms with van der Waals surface area (Å²) in [5.41, 5.74) is 0.267. The molecule has 1 aliphatic rings. The van der Waals surface area contributed by atoms with Crippen molar-refractivity contribution in [3.8, 4) is 5.75 Å². The Morgan fingerprint density at radius 2 is 1.88 bits per heavy atom. The lowest BCUT2D eigenvalue weighted by Gasteiger charge is -2.21. The molecule has 16 heavy (non-hydrogen) atoms. The zero-order valence-corrected chi connectivity index (χ0v) is 9.36. The van der Waals surface area contributed by atoms with Crippen LogP contribution in [-0.2, 0) is 15.3 Å². The molecule has 0 saturated carbocycles. The molecule has 1 saturated heterocycles. The van der Waals surface area contributed by atoms with Crippen molar-refractivity contribution >= 4 is 0 Å². The van der Waals surface area contributed by atoms with Crippen LogP contribution in [0.25, 0.3) is 0 Å². The Bertz CT molecular complexity index is 435. The first kappa shape index (κ1) is 11.1. The average Bonchev–Trinajstić information content (AvgIpc) is 2.61. The van der Waals surface area contributed by atoms with E-state index in [2.05, 4.69) is 0 Å². The van der Waals surface area contributed by atoms with Crippen LogP contribution in [0.3, 0.4) is 0 Å². The van der Waals surface area contributed by atoms with Gasteiger partial charge in [0.05, 0.1) is 25.9 Å². The molecule has 1 fully saturated rings. The third kappa shape index (κ3) is 1.81. The molecular formula is C12H14O4. The van der Waals surface area contributed by atoms with Crippen LogP contribution in [0.1, 0.15) is 12.5 Å². The minimum Gasteiger partial charge on any atom is -0.493 e. The van der Waals surface area contributed by atoms with Crippen LogP contribution in [0.15, 0.2) is 29.1 Å². The smallest absolute Gasteiger partial charge is 0.228 e. The lowest BCUT2D eigenvalue weighted by molar-refractivity contribution is -0.150. The molecule has 0 atom stereocenters. The third-order valence-electron chi connectivity index (χ3n) is 2.64. The lowest BCUT2D eigenvalue weighted by atomic mass is 10.1. The van der Waals surface area contributed by atoms with Crippen LogP contribution >= 0.6 is 0 Å². The predicted octanol–water partition coefficient (Wildman–Crippen LogP) is 1.27. The van der Waals surface area contributed by atoms with Crippen molar-refractivity contribution in [1.29, 1.82) is 0 Å². The highest BCUT2D eigenvalue weighted by molar-refractivity contribution is 5.29. The van der Waals surface area contributed by atoms with E-state index >= 15 is 0 Å². The predicted molar refractivity (Wildman–Crippen MR) is 58.5 cm³/mol. The zero-order valence-electron chi connectivity index (χ0n) is 9.36. The Labute approximate surface area is 93.8 Å². The molecule has 1 heterocycles. The first-order chi connectivity index (χ1) is 7.67.